The van der Waals surface area contributed by atoms with Gasteiger partial charge in [-0.3, -0.25) is 14.4 Å². The molecule has 0 aromatic heterocycles. The van der Waals surface area contributed by atoms with Crippen LogP contribution in [0, 0.1) is 13.8 Å². The Kier molecular flexibility index (Phi) is 8.83. The second-order valence-electron chi connectivity index (χ2n) is 7.32. The molecular weight excluding hydrogens is 376 g/mol. The number of esters is 1. The summed E-state index contributed by atoms with van der Waals surface area (Å²) in [5.41, 5.74) is 2.91. The van der Waals surface area contributed by atoms with Gasteiger partial charge < -0.3 is 15.0 Å². The molecule has 1 N–H and O–H groups in total. The van der Waals surface area contributed by atoms with Crippen LogP contribution in [0.15, 0.2) is 18.2 Å². The number of carbonyl (C=O) groups is 3. The fourth-order valence-electron chi connectivity index (χ4n) is 3.32. The largest absolute Gasteiger partial charge is 0.455 e. The zero-order chi connectivity index (χ0) is 20.5. The minimum absolute atomic E-state index is 0.0424. The maximum Gasteiger partial charge on any atom is 0.316 e. The van der Waals surface area contributed by atoms with Crippen LogP contribution in [0.25, 0.3) is 0 Å². The summed E-state index contributed by atoms with van der Waals surface area (Å²) in [5, 5.41) is 2.84. The maximum atomic E-state index is 12.2. The summed E-state index contributed by atoms with van der Waals surface area (Å²) >= 11 is 1.17. The van der Waals surface area contributed by atoms with E-state index in [0.717, 1.165) is 42.5 Å². The molecule has 1 saturated carbocycles. The molecule has 0 unspecified atom stereocenters. The second kappa shape index (κ2) is 11.1. The summed E-state index contributed by atoms with van der Waals surface area (Å²) in [5.74, 6) is -0.621. The lowest BCUT2D eigenvalue weighted by molar-refractivity contribution is -0.150. The lowest BCUT2D eigenvalue weighted by Crippen LogP contribution is -2.40. The van der Waals surface area contributed by atoms with Gasteiger partial charge in [-0.05, 0) is 38.3 Å². The molecular formula is C21H30N2O4S. The molecule has 1 fully saturated rings. The number of likely N-dealkylation sites (N-methyl/N-ethyl adjacent to an activating group) is 1. The number of hydrogen-bond acceptors (Lipinski definition) is 5. The first-order chi connectivity index (χ1) is 13.4. The molecule has 2 amide bonds. The van der Waals surface area contributed by atoms with Crippen LogP contribution in [0.4, 0.5) is 5.69 Å². The molecule has 0 atom stereocenters. The van der Waals surface area contributed by atoms with Gasteiger partial charge in [0.2, 0.25) is 5.91 Å². The fourth-order valence-corrected chi connectivity index (χ4v) is 3.93. The minimum atomic E-state index is -0.477. The number of anilines is 1. The van der Waals surface area contributed by atoms with Crippen LogP contribution in [-0.2, 0) is 19.1 Å². The zero-order valence-corrected chi connectivity index (χ0v) is 17.8. The van der Waals surface area contributed by atoms with Crippen molar-refractivity contribution in [2.75, 3.05) is 30.5 Å². The summed E-state index contributed by atoms with van der Waals surface area (Å²) < 4.78 is 5.07. The summed E-state index contributed by atoms with van der Waals surface area (Å²) in [4.78, 5) is 37.7. The smallest absolute Gasteiger partial charge is 0.316 e. The third kappa shape index (κ3) is 7.19. The number of rotatable bonds is 8. The highest BCUT2D eigenvalue weighted by Gasteiger charge is 2.22. The lowest BCUT2D eigenvalue weighted by Gasteiger charge is -2.31. The van der Waals surface area contributed by atoms with Crippen molar-refractivity contribution < 1.29 is 19.1 Å². The maximum absolute atomic E-state index is 12.2. The molecule has 0 heterocycles. The summed E-state index contributed by atoms with van der Waals surface area (Å²) in [6, 6.07) is 6.06. The van der Waals surface area contributed by atoms with E-state index in [1.807, 2.05) is 32.0 Å². The Hall–Kier alpha value is -2.02. The van der Waals surface area contributed by atoms with Gasteiger partial charge in [0.15, 0.2) is 6.61 Å². The van der Waals surface area contributed by atoms with E-state index in [4.69, 9.17) is 4.74 Å². The molecule has 0 aliphatic heterocycles. The van der Waals surface area contributed by atoms with Crippen molar-refractivity contribution in [1.29, 1.82) is 0 Å². The van der Waals surface area contributed by atoms with Gasteiger partial charge in [-0.15, -0.1) is 11.8 Å². The van der Waals surface area contributed by atoms with E-state index >= 15 is 0 Å². The first kappa shape index (κ1) is 22.3. The van der Waals surface area contributed by atoms with Crippen molar-refractivity contribution in [3.63, 3.8) is 0 Å². The average Bonchev–Trinajstić information content (AvgIpc) is 2.68. The van der Waals surface area contributed by atoms with Crippen LogP contribution < -0.4 is 5.32 Å². The van der Waals surface area contributed by atoms with E-state index in [2.05, 4.69) is 5.32 Å². The van der Waals surface area contributed by atoms with Crippen molar-refractivity contribution >= 4 is 35.2 Å². The molecule has 0 radical (unpaired) electrons. The van der Waals surface area contributed by atoms with Gasteiger partial charge in [0.1, 0.15) is 0 Å². The third-order valence-electron chi connectivity index (χ3n) is 4.98. The zero-order valence-electron chi connectivity index (χ0n) is 17.0. The van der Waals surface area contributed by atoms with E-state index < -0.39 is 5.97 Å². The highest BCUT2D eigenvalue weighted by molar-refractivity contribution is 8.00. The summed E-state index contributed by atoms with van der Waals surface area (Å²) in [7, 11) is 1.78. The highest BCUT2D eigenvalue weighted by Crippen LogP contribution is 2.21. The van der Waals surface area contributed by atoms with E-state index in [1.54, 1.807) is 11.9 Å². The van der Waals surface area contributed by atoms with E-state index in [9.17, 15) is 14.4 Å². The number of ether oxygens (including phenoxy) is 1. The Labute approximate surface area is 171 Å². The molecule has 6 nitrogen and oxygen atoms in total. The van der Waals surface area contributed by atoms with Crippen LogP contribution in [-0.4, -0.2) is 53.9 Å². The van der Waals surface area contributed by atoms with Gasteiger partial charge in [-0.1, -0.05) is 37.0 Å². The van der Waals surface area contributed by atoms with Crippen LogP contribution >= 0.6 is 11.8 Å². The van der Waals surface area contributed by atoms with Gasteiger partial charge in [0.05, 0.1) is 11.5 Å². The molecule has 7 heteroatoms. The number of nitrogens with zero attached hydrogens (tertiary/aromatic N) is 1. The average molecular weight is 407 g/mol. The fraction of sp³-hybridized carbons (Fsp3) is 0.571. The predicted octanol–water partition coefficient (Wildman–Crippen LogP) is 3.31. The monoisotopic (exact) mass is 406 g/mol. The molecule has 1 aliphatic carbocycles. The topological polar surface area (TPSA) is 75.7 Å². The second-order valence-corrected chi connectivity index (χ2v) is 8.30. The Balaban J connectivity index is 1.63. The molecule has 28 heavy (non-hydrogen) atoms. The van der Waals surface area contributed by atoms with Gasteiger partial charge >= 0.3 is 5.97 Å². The van der Waals surface area contributed by atoms with Crippen molar-refractivity contribution in [3.05, 3.63) is 29.3 Å². The first-order valence-electron chi connectivity index (χ1n) is 9.73. The normalized spacial score (nSPS) is 14.4. The molecule has 0 bridgehead atoms. The van der Waals surface area contributed by atoms with E-state index in [0.29, 0.717) is 0 Å². The Bertz CT molecular complexity index is 702. The van der Waals surface area contributed by atoms with E-state index in [1.165, 1.54) is 18.2 Å². The number of aryl methyl sites for hydroxylation is 2. The molecule has 0 saturated heterocycles. The standard InChI is InChI=1S/C21H30N2O4S/c1-15-9-10-18(16(2)11-15)22-19(24)13-28-14-21(26)27-12-20(25)23(3)17-7-5-4-6-8-17/h9-11,17H,4-8,12-14H2,1-3H3,(H,22,24). The first-order valence-corrected chi connectivity index (χ1v) is 10.9. The van der Waals surface area contributed by atoms with E-state index in [-0.39, 0.29) is 36.0 Å². The van der Waals surface area contributed by atoms with Crippen LogP contribution in [0.2, 0.25) is 0 Å². The van der Waals surface area contributed by atoms with Crippen LogP contribution in [0.3, 0.4) is 0 Å². The van der Waals surface area contributed by atoms with Gasteiger partial charge in [-0.25, -0.2) is 0 Å². The Morgan fingerprint density at radius 1 is 1.14 bits per heavy atom. The molecule has 1 aromatic rings. The van der Waals surface area contributed by atoms with Gasteiger partial charge in [-0.2, -0.15) is 0 Å². The van der Waals surface area contributed by atoms with Gasteiger partial charge in [0, 0.05) is 18.8 Å². The summed E-state index contributed by atoms with van der Waals surface area (Å²) in [6.07, 6.45) is 5.54. The SMILES string of the molecule is Cc1ccc(NC(=O)CSCC(=O)OCC(=O)N(C)C2CCCCC2)c(C)c1. The van der Waals surface area contributed by atoms with Crippen molar-refractivity contribution in [3.8, 4) is 0 Å². The van der Waals surface area contributed by atoms with Crippen molar-refractivity contribution in [1.82, 2.24) is 4.90 Å². The Morgan fingerprint density at radius 3 is 2.54 bits per heavy atom. The molecule has 1 aromatic carbocycles. The third-order valence-corrected chi connectivity index (χ3v) is 5.89. The van der Waals surface area contributed by atoms with Crippen molar-refractivity contribution in [2.24, 2.45) is 0 Å². The highest BCUT2D eigenvalue weighted by atomic mass is 32.2. The minimum Gasteiger partial charge on any atom is -0.455 e. The summed E-state index contributed by atoms with van der Waals surface area (Å²) in [6.45, 7) is 3.70. The van der Waals surface area contributed by atoms with Crippen molar-refractivity contribution in [2.45, 2.75) is 52.0 Å². The Morgan fingerprint density at radius 2 is 1.86 bits per heavy atom. The molecule has 2 rings (SSSR count). The molecule has 0 spiro atoms. The number of hydrogen-bond donors (Lipinski definition) is 1. The quantitative estimate of drug-likeness (QED) is 0.671. The van der Waals surface area contributed by atoms with Gasteiger partial charge in [0.25, 0.3) is 5.91 Å². The molecule has 154 valence electrons. The van der Waals surface area contributed by atoms with Crippen LogP contribution in [0.1, 0.15) is 43.2 Å². The lowest BCUT2D eigenvalue weighted by atomic mass is 9.94. The van der Waals surface area contributed by atoms with Crippen LogP contribution in [0.5, 0.6) is 0 Å². The molecule has 1 aliphatic rings. The number of thioether (sulfide) groups is 1. The number of benzene rings is 1. The predicted molar refractivity (Wildman–Crippen MR) is 112 cm³/mol. The number of nitrogens with one attached hydrogen (secondary N) is 1. The number of amides is 2. The number of carbonyl (C=O) groups excluding carboxylic acids is 3.